The number of rotatable bonds is 9. The Morgan fingerprint density at radius 2 is 2.20 bits per heavy atom. The maximum absolute atomic E-state index is 11.2. The van der Waals surface area contributed by atoms with Crippen LogP contribution >= 0.6 is 35.3 Å². The van der Waals surface area contributed by atoms with Crippen LogP contribution in [-0.4, -0.2) is 63.5 Å². The lowest BCUT2D eigenvalue weighted by Gasteiger charge is -2.21. The SMILES string of the molecule is CCNC(=NCCCS(C)(=O)=O)N(C)Cc1csc(C(C)OC)n1.I. The van der Waals surface area contributed by atoms with Gasteiger partial charge in [-0.05, 0) is 20.3 Å². The number of aliphatic imine (C=N–C) groups is 1. The van der Waals surface area contributed by atoms with E-state index in [1.165, 1.54) is 6.26 Å². The molecule has 0 bridgehead atoms. The van der Waals surface area contributed by atoms with Gasteiger partial charge in [0.25, 0.3) is 0 Å². The van der Waals surface area contributed by atoms with Crippen molar-refractivity contribution in [3.05, 3.63) is 16.1 Å². The summed E-state index contributed by atoms with van der Waals surface area (Å²) in [7, 11) is 0.677. The minimum absolute atomic E-state index is 0. The Bertz CT molecular complexity index is 634. The summed E-state index contributed by atoms with van der Waals surface area (Å²) < 4.78 is 27.6. The van der Waals surface area contributed by atoms with E-state index in [4.69, 9.17) is 4.74 Å². The van der Waals surface area contributed by atoms with Gasteiger partial charge in [-0.25, -0.2) is 13.4 Å². The molecule has 0 saturated heterocycles. The lowest BCUT2D eigenvalue weighted by Crippen LogP contribution is -2.38. The molecule has 1 N–H and O–H groups in total. The van der Waals surface area contributed by atoms with E-state index in [0.29, 0.717) is 19.5 Å². The van der Waals surface area contributed by atoms with E-state index in [1.807, 2.05) is 31.2 Å². The van der Waals surface area contributed by atoms with Crippen LogP contribution in [0.2, 0.25) is 0 Å². The molecule has 1 heterocycles. The van der Waals surface area contributed by atoms with Crippen LogP contribution in [0.15, 0.2) is 10.4 Å². The topological polar surface area (TPSA) is 83.9 Å². The highest BCUT2D eigenvalue weighted by Gasteiger charge is 2.12. The minimum Gasteiger partial charge on any atom is -0.375 e. The van der Waals surface area contributed by atoms with Gasteiger partial charge in [-0.3, -0.25) is 4.99 Å². The second kappa shape index (κ2) is 12.0. The first kappa shape index (κ1) is 24.5. The van der Waals surface area contributed by atoms with Crippen LogP contribution < -0.4 is 5.32 Å². The van der Waals surface area contributed by atoms with E-state index >= 15 is 0 Å². The van der Waals surface area contributed by atoms with Gasteiger partial charge in [-0.15, -0.1) is 35.3 Å². The molecule has 10 heteroatoms. The Balaban J connectivity index is 0.00000576. The van der Waals surface area contributed by atoms with E-state index < -0.39 is 9.84 Å². The normalized spacial score (nSPS) is 13.2. The van der Waals surface area contributed by atoms with E-state index in [0.717, 1.165) is 23.2 Å². The van der Waals surface area contributed by atoms with Crippen molar-refractivity contribution in [2.45, 2.75) is 32.9 Å². The Kier molecular flexibility index (Phi) is 11.8. The van der Waals surface area contributed by atoms with E-state index in [-0.39, 0.29) is 35.8 Å². The minimum atomic E-state index is -2.93. The molecule has 25 heavy (non-hydrogen) atoms. The van der Waals surface area contributed by atoms with E-state index in [1.54, 1.807) is 18.4 Å². The molecule has 0 aromatic carbocycles. The molecule has 0 aliphatic carbocycles. The first-order valence-corrected chi connectivity index (χ1v) is 10.8. The quantitative estimate of drug-likeness (QED) is 0.241. The second-order valence-electron chi connectivity index (χ2n) is 5.63. The smallest absolute Gasteiger partial charge is 0.194 e. The number of nitrogens with one attached hydrogen (secondary N) is 1. The summed E-state index contributed by atoms with van der Waals surface area (Å²) in [5, 5.41) is 6.20. The third-order valence-corrected chi connectivity index (χ3v) is 5.39. The average molecular weight is 504 g/mol. The molecule has 0 fully saturated rings. The van der Waals surface area contributed by atoms with Gasteiger partial charge in [-0.2, -0.15) is 0 Å². The molecule has 0 aliphatic rings. The summed E-state index contributed by atoms with van der Waals surface area (Å²) in [5.74, 6) is 0.907. The third kappa shape index (κ3) is 9.71. The Labute approximate surface area is 172 Å². The molecule has 7 nitrogen and oxygen atoms in total. The molecule has 0 aliphatic heterocycles. The number of thiazole rings is 1. The Morgan fingerprint density at radius 1 is 1.52 bits per heavy atom. The highest BCUT2D eigenvalue weighted by Crippen LogP contribution is 2.20. The molecule has 1 atom stereocenters. The van der Waals surface area contributed by atoms with E-state index in [2.05, 4.69) is 15.3 Å². The van der Waals surface area contributed by atoms with Crippen LogP contribution in [0.5, 0.6) is 0 Å². The van der Waals surface area contributed by atoms with Crippen molar-refractivity contribution in [2.24, 2.45) is 4.99 Å². The van der Waals surface area contributed by atoms with Crippen molar-refractivity contribution in [1.29, 1.82) is 0 Å². The van der Waals surface area contributed by atoms with Crippen molar-refractivity contribution in [3.8, 4) is 0 Å². The lowest BCUT2D eigenvalue weighted by atomic mass is 10.4. The van der Waals surface area contributed by atoms with E-state index in [9.17, 15) is 8.42 Å². The van der Waals surface area contributed by atoms with Crippen molar-refractivity contribution in [1.82, 2.24) is 15.2 Å². The molecule has 0 radical (unpaired) electrons. The summed E-state index contributed by atoms with van der Waals surface area (Å²) in [6, 6.07) is 0. The number of guanidine groups is 1. The summed E-state index contributed by atoms with van der Waals surface area (Å²) in [5.41, 5.74) is 0.961. The van der Waals surface area contributed by atoms with Gasteiger partial charge in [0.1, 0.15) is 20.9 Å². The second-order valence-corrected chi connectivity index (χ2v) is 8.78. The van der Waals surface area contributed by atoms with Gasteiger partial charge < -0.3 is 15.0 Å². The highest BCUT2D eigenvalue weighted by atomic mass is 127. The largest absolute Gasteiger partial charge is 0.375 e. The first-order chi connectivity index (χ1) is 11.3. The van der Waals surface area contributed by atoms with Crippen LogP contribution in [0.4, 0.5) is 0 Å². The predicted molar refractivity (Wildman–Crippen MR) is 115 cm³/mol. The average Bonchev–Trinajstić information content (AvgIpc) is 2.97. The standard InChI is InChI=1S/C15H28N4O3S2.HI/c1-6-16-15(17-8-7-9-24(5,20)21)19(3)10-13-11-23-14(18-13)12(2)22-4;/h11-12H,6-10H2,1-5H3,(H,16,17);1H. The van der Waals surface area contributed by atoms with Gasteiger partial charge in [0.2, 0.25) is 0 Å². The van der Waals surface area contributed by atoms with Crippen LogP contribution in [0.25, 0.3) is 0 Å². The number of ether oxygens (including phenoxy) is 1. The summed E-state index contributed by atoms with van der Waals surface area (Å²) in [6.45, 7) is 5.83. The maximum Gasteiger partial charge on any atom is 0.194 e. The molecule has 1 aromatic rings. The maximum atomic E-state index is 11.2. The molecule has 1 unspecified atom stereocenters. The number of halogens is 1. The number of methoxy groups -OCH3 is 1. The molecular weight excluding hydrogens is 475 g/mol. The molecule has 0 amide bonds. The van der Waals surface area contributed by atoms with Gasteiger partial charge >= 0.3 is 0 Å². The van der Waals surface area contributed by atoms with Crippen molar-refractivity contribution >= 4 is 51.1 Å². The number of hydrogen-bond donors (Lipinski definition) is 1. The molecular formula is C15H29IN4O3S2. The van der Waals surface area contributed by atoms with Crippen LogP contribution in [0, 0.1) is 0 Å². The zero-order valence-electron chi connectivity index (χ0n) is 15.5. The summed E-state index contributed by atoms with van der Waals surface area (Å²) in [4.78, 5) is 11.1. The van der Waals surface area contributed by atoms with Gasteiger partial charge in [0.05, 0.1) is 18.0 Å². The van der Waals surface area contributed by atoms with Crippen LogP contribution in [0.1, 0.15) is 37.1 Å². The van der Waals surface area contributed by atoms with Crippen LogP contribution in [0.3, 0.4) is 0 Å². The fraction of sp³-hybridized carbons (Fsp3) is 0.733. The zero-order valence-corrected chi connectivity index (χ0v) is 19.4. The van der Waals surface area contributed by atoms with Crippen molar-refractivity contribution < 1.29 is 13.2 Å². The zero-order chi connectivity index (χ0) is 18.2. The van der Waals surface area contributed by atoms with Crippen LogP contribution in [-0.2, 0) is 21.1 Å². The third-order valence-electron chi connectivity index (χ3n) is 3.30. The summed E-state index contributed by atoms with van der Waals surface area (Å²) >= 11 is 1.58. The number of aromatic nitrogens is 1. The van der Waals surface area contributed by atoms with Crippen molar-refractivity contribution in [3.63, 3.8) is 0 Å². The number of sulfone groups is 1. The summed E-state index contributed by atoms with van der Waals surface area (Å²) in [6.07, 6.45) is 1.76. The lowest BCUT2D eigenvalue weighted by molar-refractivity contribution is 0.119. The Morgan fingerprint density at radius 3 is 2.76 bits per heavy atom. The Hall–Kier alpha value is -0.460. The molecule has 146 valence electrons. The molecule has 0 saturated carbocycles. The van der Waals surface area contributed by atoms with Gasteiger partial charge in [0.15, 0.2) is 5.96 Å². The van der Waals surface area contributed by atoms with Gasteiger partial charge in [0, 0.05) is 38.9 Å². The van der Waals surface area contributed by atoms with Gasteiger partial charge in [-0.1, -0.05) is 0 Å². The fourth-order valence-corrected chi connectivity index (χ4v) is 3.48. The first-order valence-electron chi connectivity index (χ1n) is 7.91. The monoisotopic (exact) mass is 504 g/mol. The predicted octanol–water partition coefficient (Wildman–Crippen LogP) is 2.30. The number of nitrogens with zero attached hydrogens (tertiary/aromatic N) is 3. The molecule has 1 aromatic heterocycles. The van der Waals surface area contributed by atoms with Crippen molar-refractivity contribution in [2.75, 3.05) is 39.3 Å². The highest BCUT2D eigenvalue weighted by molar-refractivity contribution is 14.0. The number of hydrogen-bond acceptors (Lipinski definition) is 6. The fourth-order valence-electron chi connectivity index (χ4n) is 1.98. The molecule has 1 rings (SSSR count). The molecule has 0 spiro atoms.